The second kappa shape index (κ2) is 6.66. The van der Waals surface area contributed by atoms with Crippen LogP contribution < -0.4 is 5.73 Å². The van der Waals surface area contributed by atoms with E-state index in [1.165, 1.54) is 12.0 Å². The minimum atomic E-state index is 0.347. The first kappa shape index (κ1) is 13.2. The summed E-state index contributed by atoms with van der Waals surface area (Å²) < 4.78 is 0. The van der Waals surface area contributed by atoms with Crippen LogP contribution in [0.4, 0.5) is 0 Å². The highest BCUT2D eigenvalue weighted by Gasteiger charge is 2.14. The van der Waals surface area contributed by atoms with Gasteiger partial charge in [-0.1, -0.05) is 44.2 Å². The molecule has 0 aromatic heterocycles. The van der Waals surface area contributed by atoms with Crippen LogP contribution >= 0.6 is 0 Å². The van der Waals surface area contributed by atoms with Gasteiger partial charge >= 0.3 is 0 Å². The van der Waals surface area contributed by atoms with Crippen LogP contribution in [0.25, 0.3) is 0 Å². The molecule has 16 heavy (non-hydrogen) atoms. The number of nitrogens with zero attached hydrogens (tertiary/aromatic N) is 1. The Hall–Kier alpha value is -0.860. The van der Waals surface area contributed by atoms with Gasteiger partial charge in [0.25, 0.3) is 0 Å². The minimum Gasteiger partial charge on any atom is -0.329 e. The van der Waals surface area contributed by atoms with Gasteiger partial charge in [0, 0.05) is 12.6 Å². The van der Waals surface area contributed by atoms with Crippen molar-refractivity contribution in [2.24, 2.45) is 11.7 Å². The third-order valence-electron chi connectivity index (χ3n) is 3.00. The molecule has 0 saturated heterocycles. The van der Waals surface area contributed by atoms with Crippen LogP contribution in [0.2, 0.25) is 0 Å². The highest BCUT2D eigenvalue weighted by molar-refractivity contribution is 5.19. The Kier molecular flexibility index (Phi) is 5.50. The number of hydrogen-bond acceptors (Lipinski definition) is 2. The van der Waals surface area contributed by atoms with E-state index in [4.69, 9.17) is 5.73 Å². The zero-order chi connectivity index (χ0) is 12.0. The van der Waals surface area contributed by atoms with Crippen LogP contribution in [0.3, 0.4) is 0 Å². The van der Waals surface area contributed by atoms with Gasteiger partial charge in [0.2, 0.25) is 0 Å². The number of benzene rings is 1. The molecule has 90 valence electrons. The normalized spacial score (nSPS) is 13.4. The summed E-state index contributed by atoms with van der Waals surface area (Å²) in [6, 6.07) is 10.9. The molecule has 1 aromatic rings. The fourth-order valence-electron chi connectivity index (χ4n) is 1.86. The molecule has 0 fully saturated rings. The summed E-state index contributed by atoms with van der Waals surface area (Å²) in [4.78, 5) is 2.36. The zero-order valence-corrected chi connectivity index (χ0v) is 10.7. The summed E-state index contributed by atoms with van der Waals surface area (Å²) in [5.41, 5.74) is 7.19. The molecule has 0 radical (unpaired) electrons. The Bertz CT molecular complexity index is 282. The van der Waals surface area contributed by atoms with Gasteiger partial charge in [0.05, 0.1) is 0 Å². The highest BCUT2D eigenvalue weighted by Crippen LogP contribution is 2.18. The van der Waals surface area contributed by atoms with Crippen molar-refractivity contribution in [2.45, 2.75) is 26.3 Å². The fraction of sp³-hybridized carbons (Fsp3) is 0.571. The molecule has 2 N–H and O–H groups in total. The van der Waals surface area contributed by atoms with E-state index in [0.717, 1.165) is 12.5 Å². The Morgan fingerprint density at radius 3 is 2.31 bits per heavy atom. The molecule has 1 unspecified atom stereocenters. The Balaban J connectivity index is 2.60. The lowest BCUT2D eigenvalue weighted by Crippen LogP contribution is -2.31. The van der Waals surface area contributed by atoms with E-state index in [1.807, 2.05) is 6.07 Å². The van der Waals surface area contributed by atoms with Crippen molar-refractivity contribution in [3.63, 3.8) is 0 Å². The van der Waals surface area contributed by atoms with Gasteiger partial charge in [-0.15, -0.1) is 0 Å². The molecule has 2 nitrogen and oxygen atoms in total. The van der Waals surface area contributed by atoms with Gasteiger partial charge in [-0.25, -0.2) is 0 Å². The van der Waals surface area contributed by atoms with Crippen molar-refractivity contribution in [3.05, 3.63) is 35.9 Å². The third kappa shape index (κ3) is 3.95. The predicted octanol–water partition coefficient (Wildman–Crippen LogP) is 2.66. The average Bonchev–Trinajstić information content (AvgIpc) is 2.29. The standard InChI is InChI=1S/C14H24N2/c1-12(2)9-10-16(3)14(11-15)13-7-5-4-6-8-13/h4-8,12,14H,9-11,15H2,1-3H3. The van der Waals surface area contributed by atoms with Gasteiger partial charge < -0.3 is 5.73 Å². The summed E-state index contributed by atoms with van der Waals surface area (Å²) in [7, 11) is 2.16. The monoisotopic (exact) mass is 220 g/mol. The molecular formula is C14H24N2. The van der Waals surface area contributed by atoms with Crippen LogP contribution in [0.1, 0.15) is 31.9 Å². The van der Waals surface area contributed by atoms with Crippen LogP contribution in [0.5, 0.6) is 0 Å². The minimum absolute atomic E-state index is 0.347. The zero-order valence-electron chi connectivity index (χ0n) is 10.7. The van der Waals surface area contributed by atoms with Crippen molar-refractivity contribution in [3.8, 4) is 0 Å². The van der Waals surface area contributed by atoms with Crippen molar-refractivity contribution in [1.29, 1.82) is 0 Å². The smallest absolute Gasteiger partial charge is 0.0467 e. The molecule has 0 bridgehead atoms. The molecule has 0 spiro atoms. The van der Waals surface area contributed by atoms with Crippen LogP contribution in [-0.2, 0) is 0 Å². The number of nitrogens with two attached hydrogens (primary N) is 1. The molecule has 0 aliphatic rings. The second-order valence-corrected chi connectivity index (χ2v) is 4.83. The first-order valence-electron chi connectivity index (χ1n) is 6.10. The lowest BCUT2D eigenvalue weighted by Gasteiger charge is -2.28. The van der Waals surface area contributed by atoms with Crippen LogP contribution in [0.15, 0.2) is 30.3 Å². The maximum absolute atomic E-state index is 5.87. The average molecular weight is 220 g/mol. The van der Waals surface area contributed by atoms with Crippen molar-refractivity contribution in [2.75, 3.05) is 20.1 Å². The molecule has 1 atom stereocenters. The molecular weight excluding hydrogens is 196 g/mol. The van der Waals surface area contributed by atoms with E-state index in [0.29, 0.717) is 12.6 Å². The van der Waals surface area contributed by atoms with E-state index < -0.39 is 0 Å². The van der Waals surface area contributed by atoms with E-state index in [2.05, 4.69) is 50.1 Å². The summed E-state index contributed by atoms with van der Waals surface area (Å²) >= 11 is 0. The lowest BCUT2D eigenvalue weighted by atomic mass is 10.0. The quantitative estimate of drug-likeness (QED) is 0.798. The van der Waals surface area contributed by atoms with E-state index in [-0.39, 0.29) is 0 Å². The molecule has 0 amide bonds. The molecule has 1 rings (SSSR count). The summed E-state index contributed by atoms with van der Waals surface area (Å²) in [6.07, 6.45) is 1.22. The van der Waals surface area contributed by atoms with Gasteiger partial charge in [0.1, 0.15) is 0 Å². The van der Waals surface area contributed by atoms with Gasteiger partial charge in [-0.3, -0.25) is 4.90 Å². The number of likely N-dealkylation sites (N-methyl/N-ethyl adjacent to an activating group) is 1. The molecule has 0 saturated carbocycles. The molecule has 1 aromatic carbocycles. The second-order valence-electron chi connectivity index (χ2n) is 4.83. The number of rotatable bonds is 6. The maximum Gasteiger partial charge on any atom is 0.0467 e. The first-order chi connectivity index (χ1) is 7.65. The Morgan fingerprint density at radius 1 is 1.19 bits per heavy atom. The largest absolute Gasteiger partial charge is 0.329 e. The van der Waals surface area contributed by atoms with Gasteiger partial charge in [-0.2, -0.15) is 0 Å². The lowest BCUT2D eigenvalue weighted by molar-refractivity contribution is 0.236. The van der Waals surface area contributed by atoms with Crippen LogP contribution in [-0.4, -0.2) is 25.0 Å². The van der Waals surface area contributed by atoms with E-state index >= 15 is 0 Å². The van der Waals surface area contributed by atoms with Gasteiger partial charge in [-0.05, 0) is 31.5 Å². The third-order valence-corrected chi connectivity index (χ3v) is 3.00. The molecule has 2 heteroatoms. The fourth-order valence-corrected chi connectivity index (χ4v) is 1.86. The summed E-state index contributed by atoms with van der Waals surface area (Å²) in [6.45, 7) is 6.30. The number of hydrogen-bond donors (Lipinski definition) is 1. The summed E-state index contributed by atoms with van der Waals surface area (Å²) in [5, 5.41) is 0. The van der Waals surface area contributed by atoms with Crippen LogP contribution in [0, 0.1) is 5.92 Å². The van der Waals surface area contributed by atoms with Crippen molar-refractivity contribution < 1.29 is 0 Å². The van der Waals surface area contributed by atoms with Gasteiger partial charge in [0.15, 0.2) is 0 Å². The molecule has 0 aliphatic carbocycles. The van der Waals surface area contributed by atoms with Crippen molar-refractivity contribution >= 4 is 0 Å². The summed E-state index contributed by atoms with van der Waals surface area (Å²) in [5.74, 6) is 0.747. The first-order valence-corrected chi connectivity index (χ1v) is 6.10. The molecule has 0 heterocycles. The highest BCUT2D eigenvalue weighted by atomic mass is 15.1. The maximum atomic E-state index is 5.87. The Morgan fingerprint density at radius 2 is 1.81 bits per heavy atom. The van der Waals surface area contributed by atoms with E-state index in [1.54, 1.807) is 0 Å². The topological polar surface area (TPSA) is 29.3 Å². The molecule has 0 aliphatic heterocycles. The SMILES string of the molecule is CC(C)CCN(C)C(CN)c1ccccc1. The van der Waals surface area contributed by atoms with E-state index in [9.17, 15) is 0 Å². The van der Waals surface area contributed by atoms with Crippen molar-refractivity contribution in [1.82, 2.24) is 4.90 Å². The predicted molar refractivity (Wildman–Crippen MR) is 70.3 cm³/mol. The Labute approximate surface area is 99.5 Å².